The van der Waals surface area contributed by atoms with Gasteiger partial charge in [0.05, 0.1) is 5.02 Å². The molecule has 0 bridgehead atoms. The van der Waals surface area contributed by atoms with Gasteiger partial charge < -0.3 is 10.1 Å². The average molecular weight is 276 g/mol. The van der Waals surface area contributed by atoms with Gasteiger partial charge in [0.25, 0.3) is 0 Å². The third-order valence-corrected chi connectivity index (χ3v) is 3.59. The lowest BCUT2D eigenvalue weighted by Gasteiger charge is -2.23. The first kappa shape index (κ1) is 13.6. The van der Waals surface area contributed by atoms with E-state index in [4.69, 9.17) is 16.3 Å². The molecule has 0 aromatic heterocycles. The van der Waals surface area contributed by atoms with Crippen molar-refractivity contribution >= 4 is 11.6 Å². The highest BCUT2D eigenvalue weighted by Crippen LogP contribution is 2.31. The summed E-state index contributed by atoms with van der Waals surface area (Å²) in [7, 11) is 0. The molecule has 0 saturated carbocycles. The first-order chi connectivity index (χ1) is 8.63. The van der Waals surface area contributed by atoms with Crippen LogP contribution >= 0.6 is 11.6 Å². The van der Waals surface area contributed by atoms with Crippen LogP contribution in [0.5, 0.6) is 5.75 Å². The summed E-state index contributed by atoms with van der Waals surface area (Å²) in [6.45, 7) is 3.69. The largest absolute Gasteiger partial charge is 0.484 e. The van der Waals surface area contributed by atoms with E-state index in [2.05, 4.69) is 5.32 Å². The van der Waals surface area contributed by atoms with E-state index in [1.807, 2.05) is 6.92 Å². The molecule has 2 nitrogen and oxygen atoms in total. The Bertz CT molecular complexity index is 422. The van der Waals surface area contributed by atoms with Gasteiger partial charge >= 0.3 is 0 Å². The van der Waals surface area contributed by atoms with Crippen LogP contribution in [0.1, 0.15) is 19.8 Å². The Balaban J connectivity index is 2.18. The van der Waals surface area contributed by atoms with Crippen molar-refractivity contribution in [1.82, 2.24) is 5.32 Å². The number of hydrogen-bond acceptors (Lipinski definition) is 2. The van der Waals surface area contributed by atoms with Crippen molar-refractivity contribution in [2.75, 3.05) is 13.1 Å². The number of benzene rings is 1. The highest BCUT2D eigenvalue weighted by molar-refractivity contribution is 6.30. The third-order valence-electron chi connectivity index (χ3n) is 3.30. The maximum Gasteiger partial charge on any atom is 0.192 e. The van der Waals surface area contributed by atoms with Crippen molar-refractivity contribution < 1.29 is 13.5 Å². The average Bonchev–Trinajstić information content (AvgIpc) is 2.88. The van der Waals surface area contributed by atoms with Crippen LogP contribution in [0.3, 0.4) is 0 Å². The minimum absolute atomic E-state index is 0.120. The number of hydrogen-bond donors (Lipinski definition) is 1. The van der Waals surface area contributed by atoms with Crippen LogP contribution in [0.2, 0.25) is 5.02 Å². The molecule has 2 atom stereocenters. The second-order valence-corrected chi connectivity index (χ2v) is 4.90. The Morgan fingerprint density at radius 1 is 1.50 bits per heavy atom. The fourth-order valence-electron chi connectivity index (χ4n) is 2.28. The van der Waals surface area contributed by atoms with Gasteiger partial charge in [-0.1, -0.05) is 18.5 Å². The smallest absolute Gasteiger partial charge is 0.192 e. The van der Waals surface area contributed by atoms with Crippen molar-refractivity contribution in [2.24, 2.45) is 5.92 Å². The first-order valence-electron chi connectivity index (χ1n) is 6.14. The van der Waals surface area contributed by atoms with Crippen LogP contribution in [-0.4, -0.2) is 19.2 Å². The van der Waals surface area contributed by atoms with E-state index in [0.29, 0.717) is 6.42 Å². The second kappa shape index (κ2) is 5.85. The third kappa shape index (κ3) is 2.75. The number of ether oxygens (including phenoxy) is 1. The normalized spacial score (nSPS) is 21.0. The minimum atomic E-state index is -0.818. The van der Waals surface area contributed by atoms with E-state index in [9.17, 15) is 8.78 Å². The van der Waals surface area contributed by atoms with Gasteiger partial charge in [-0.05, 0) is 31.5 Å². The lowest BCUT2D eigenvalue weighted by Crippen LogP contribution is -2.28. The molecular formula is C13H16ClF2NO. The number of halogens is 3. The molecule has 1 aliphatic rings. The number of rotatable bonds is 4. The van der Waals surface area contributed by atoms with Crippen LogP contribution in [0.4, 0.5) is 8.78 Å². The fraction of sp³-hybridized carbons (Fsp3) is 0.538. The van der Waals surface area contributed by atoms with E-state index in [-0.39, 0.29) is 22.8 Å². The Morgan fingerprint density at radius 2 is 2.28 bits per heavy atom. The topological polar surface area (TPSA) is 21.3 Å². The Hall–Kier alpha value is -0.870. The van der Waals surface area contributed by atoms with Crippen LogP contribution in [0, 0.1) is 17.6 Å². The zero-order valence-electron chi connectivity index (χ0n) is 10.2. The molecule has 100 valence electrons. The fourth-order valence-corrected chi connectivity index (χ4v) is 2.42. The van der Waals surface area contributed by atoms with Crippen LogP contribution < -0.4 is 10.1 Å². The summed E-state index contributed by atoms with van der Waals surface area (Å²) in [6, 6.07) is 2.32. The Kier molecular flexibility index (Phi) is 4.40. The molecule has 1 saturated heterocycles. The zero-order valence-corrected chi connectivity index (χ0v) is 10.9. The standard InChI is InChI=1S/C13H16ClF2NO/c1-2-11(8-5-6-17-7-8)18-13-10(15)4-3-9(14)12(13)16/h3-4,8,11,17H,2,5-7H2,1H3/t8-,11-/m0/s1. The zero-order chi connectivity index (χ0) is 13.1. The molecule has 18 heavy (non-hydrogen) atoms. The van der Waals surface area contributed by atoms with Crippen LogP contribution in [-0.2, 0) is 0 Å². The van der Waals surface area contributed by atoms with Gasteiger partial charge in [0.15, 0.2) is 17.4 Å². The van der Waals surface area contributed by atoms with Crippen molar-refractivity contribution in [3.05, 3.63) is 28.8 Å². The molecule has 1 fully saturated rings. The van der Waals surface area contributed by atoms with E-state index >= 15 is 0 Å². The van der Waals surface area contributed by atoms with Gasteiger partial charge in [0, 0.05) is 12.5 Å². The molecule has 0 spiro atoms. The maximum absolute atomic E-state index is 13.7. The predicted molar refractivity (Wildman–Crippen MR) is 67.1 cm³/mol. The number of nitrogens with one attached hydrogen (secondary N) is 1. The van der Waals surface area contributed by atoms with Gasteiger partial charge in [-0.2, -0.15) is 0 Å². The summed E-state index contributed by atoms with van der Waals surface area (Å²) < 4.78 is 32.8. The summed E-state index contributed by atoms with van der Waals surface area (Å²) in [5.74, 6) is -1.60. The second-order valence-electron chi connectivity index (χ2n) is 4.49. The molecule has 0 unspecified atom stereocenters. The van der Waals surface area contributed by atoms with Gasteiger partial charge in [0.1, 0.15) is 6.10 Å². The summed E-state index contributed by atoms with van der Waals surface area (Å²) in [6.07, 6.45) is 1.47. The quantitative estimate of drug-likeness (QED) is 0.851. The van der Waals surface area contributed by atoms with Gasteiger partial charge in [-0.3, -0.25) is 0 Å². The molecule has 1 aromatic rings. The summed E-state index contributed by atoms with van der Waals surface area (Å²) >= 11 is 5.64. The minimum Gasteiger partial charge on any atom is -0.484 e. The lowest BCUT2D eigenvalue weighted by molar-refractivity contribution is 0.126. The van der Waals surface area contributed by atoms with Gasteiger partial charge in [-0.15, -0.1) is 0 Å². The summed E-state index contributed by atoms with van der Waals surface area (Å²) in [5, 5.41) is 3.10. The van der Waals surface area contributed by atoms with E-state index < -0.39 is 11.6 Å². The molecule has 0 amide bonds. The SMILES string of the molecule is CC[C@H](Oc1c(F)ccc(Cl)c1F)[C@H]1CCNC1. The highest BCUT2D eigenvalue weighted by Gasteiger charge is 2.27. The van der Waals surface area contributed by atoms with Crippen molar-refractivity contribution in [2.45, 2.75) is 25.9 Å². The van der Waals surface area contributed by atoms with Crippen molar-refractivity contribution in [3.63, 3.8) is 0 Å². The van der Waals surface area contributed by atoms with Crippen molar-refractivity contribution in [3.8, 4) is 5.75 Å². The summed E-state index contributed by atoms with van der Waals surface area (Å²) in [4.78, 5) is 0. The van der Waals surface area contributed by atoms with Crippen LogP contribution in [0.25, 0.3) is 0 Å². The predicted octanol–water partition coefficient (Wildman–Crippen LogP) is 3.39. The van der Waals surface area contributed by atoms with Crippen molar-refractivity contribution in [1.29, 1.82) is 0 Å². The molecule has 5 heteroatoms. The Labute approximate surface area is 110 Å². The Morgan fingerprint density at radius 3 is 2.89 bits per heavy atom. The molecule has 1 aliphatic heterocycles. The highest BCUT2D eigenvalue weighted by atomic mass is 35.5. The first-order valence-corrected chi connectivity index (χ1v) is 6.52. The van der Waals surface area contributed by atoms with Crippen LogP contribution in [0.15, 0.2) is 12.1 Å². The van der Waals surface area contributed by atoms with E-state index in [1.165, 1.54) is 6.07 Å². The maximum atomic E-state index is 13.7. The molecule has 1 N–H and O–H groups in total. The van der Waals surface area contributed by atoms with Gasteiger partial charge in [0.2, 0.25) is 0 Å². The molecule has 1 heterocycles. The lowest BCUT2D eigenvalue weighted by atomic mass is 9.99. The molecule has 0 radical (unpaired) electrons. The monoisotopic (exact) mass is 275 g/mol. The summed E-state index contributed by atoms with van der Waals surface area (Å²) in [5.41, 5.74) is 0. The molecule has 1 aromatic carbocycles. The van der Waals surface area contributed by atoms with E-state index in [0.717, 1.165) is 25.6 Å². The molecule has 0 aliphatic carbocycles. The molecular weight excluding hydrogens is 260 g/mol. The van der Waals surface area contributed by atoms with E-state index in [1.54, 1.807) is 0 Å². The molecule has 2 rings (SSSR count). The van der Waals surface area contributed by atoms with Gasteiger partial charge in [-0.25, -0.2) is 8.78 Å².